The highest BCUT2D eigenvalue weighted by Gasteiger charge is 2.05. The SMILES string of the molecule is CNC(=O)CCN(C)Cc1cnc(NN)cn1. The zero-order chi connectivity index (χ0) is 12.7. The summed E-state index contributed by atoms with van der Waals surface area (Å²) in [5, 5.41) is 2.58. The molecule has 0 aliphatic carbocycles. The Kier molecular flexibility index (Phi) is 5.31. The summed E-state index contributed by atoms with van der Waals surface area (Å²) in [6, 6.07) is 0. The molecule has 17 heavy (non-hydrogen) atoms. The lowest BCUT2D eigenvalue weighted by molar-refractivity contribution is -0.120. The molecular weight excluding hydrogens is 220 g/mol. The van der Waals surface area contributed by atoms with Crippen LogP contribution < -0.4 is 16.6 Å². The summed E-state index contributed by atoms with van der Waals surface area (Å²) in [7, 11) is 3.56. The summed E-state index contributed by atoms with van der Waals surface area (Å²) in [4.78, 5) is 21.3. The van der Waals surface area contributed by atoms with Gasteiger partial charge in [0, 0.05) is 26.6 Å². The van der Waals surface area contributed by atoms with Crippen molar-refractivity contribution in [2.75, 3.05) is 26.1 Å². The number of nitrogens with two attached hydrogens (primary N) is 1. The second kappa shape index (κ2) is 6.77. The van der Waals surface area contributed by atoms with Gasteiger partial charge in [0.2, 0.25) is 5.91 Å². The normalized spacial score (nSPS) is 10.4. The van der Waals surface area contributed by atoms with Crippen LogP contribution in [0.1, 0.15) is 12.1 Å². The maximum atomic E-state index is 11.1. The standard InChI is InChI=1S/C10H18N6O/c1-12-10(17)3-4-16(2)7-8-5-14-9(15-11)6-13-8/h5-6H,3-4,7,11H2,1-2H3,(H,12,17)(H,14,15). The van der Waals surface area contributed by atoms with E-state index in [1.165, 1.54) is 0 Å². The zero-order valence-electron chi connectivity index (χ0n) is 10.1. The first-order chi connectivity index (χ1) is 8.15. The molecule has 7 heteroatoms. The van der Waals surface area contributed by atoms with E-state index in [1.807, 2.05) is 11.9 Å². The molecule has 0 spiro atoms. The van der Waals surface area contributed by atoms with Crippen molar-refractivity contribution in [3.8, 4) is 0 Å². The number of hydrazine groups is 1. The van der Waals surface area contributed by atoms with Crippen molar-refractivity contribution in [1.29, 1.82) is 0 Å². The minimum Gasteiger partial charge on any atom is -0.359 e. The van der Waals surface area contributed by atoms with Crippen molar-refractivity contribution < 1.29 is 4.79 Å². The molecule has 1 amide bonds. The van der Waals surface area contributed by atoms with Gasteiger partial charge in [0.1, 0.15) is 0 Å². The van der Waals surface area contributed by atoms with Crippen molar-refractivity contribution in [2.24, 2.45) is 5.84 Å². The molecule has 1 rings (SSSR count). The van der Waals surface area contributed by atoms with Crippen LogP contribution in [-0.2, 0) is 11.3 Å². The largest absolute Gasteiger partial charge is 0.359 e. The van der Waals surface area contributed by atoms with Crippen LogP contribution in [-0.4, -0.2) is 41.4 Å². The summed E-state index contributed by atoms with van der Waals surface area (Å²) in [5.41, 5.74) is 3.25. The van der Waals surface area contributed by atoms with Gasteiger partial charge in [-0.1, -0.05) is 0 Å². The third kappa shape index (κ3) is 4.75. The fourth-order valence-corrected chi connectivity index (χ4v) is 1.28. The van der Waals surface area contributed by atoms with Gasteiger partial charge < -0.3 is 10.7 Å². The highest BCUT2D eigenvalue weighted by molar-refractivity contribution is 5.75. The second-order valence-electron chi connectivity index (χ2n) is 3.70. The van der Waals surface area contributed by atoms with Gasteiger partial charge in [-0.05, 0) is 7.05 Å². The van der Waals surface area contributed by atoms with E-state index in [2.05, 4.69) is 20.7 Å². The van der Waals surface area contributed by atoms with E-state index in [0.29, 0.717) is 25.3 Å². The molecule has 0 radical (unpaired) electrons. The predicted molar refractivity (Wildman–Crippen MR) is 64.9 cm³/mol. The lowest BCUT2D eigenvalue weighted by atomic mass is 10.3. The van der Waals surface area contributed by atoms with Gasteiger partial charge in [-0.25, -0.2) is 10.8 Å². The van der Waals surface area contributed by atoms with Crippen molar-refractivity contribution in [1.82, 2.24) is 20.2 Å². The minimum atomic E-state index is 0.0330. The molecule has 1 heterocycles. The van der Waals surface area contributed by atoms with Crippen LogP contribution in [0.5, 0.6) is 0 Å². The summed E-state index contributed by atoms with van der Waals surface area (Å²) < 4.78 is 0. The quantitative estimate of drug-likeness (QED) is 0.449. The smallest absolute Gasteiger partial charge is 0.221 e. The number of hydrogen-bond acceptors (Lipinski definition) is 6. The Hall–Kier alpha value is -1.73. The van der Waals surface area contributed by atoms with Crippen LogP contribution in [0.4, 0.5) is 5.82 Å². The van der Waals surface area contributed by atoms with E-state index in [1.54, 1.807) is 19.4 Å². The number of nitrogen functional groups attached to an aromatic ring is 1. The van der Waals surface area contributed by atoms with E-state index in [4.69, 9.17) is 5.84 Å². The first kappa shape index (κ1) is 13.3. The molecule has 0 aliphatic heterocycles. The molecule has 0 fully saturated rings. The van der Waals surface area contributed by atoms with E-state index in [-0.39, 0.29) is 5.91 Å². The van der Waals surface area contributed by atoms with E-state index >= 15 is 0 Å². The number of carbonyl (C=O) groups excluding carboxylic acids is 1. The third-order valence-electron chi connectivity index (χ3n) is 2.28. The summed E-state index contributed by atoms with van der Waals surface area (Å²) in [6.45, 7) is 1.33. The molecule has 1 aromatic rings. The number of rotatable bonds is 6. The topological polar surface area (TPSA) is 96.2 Å². The Bertz CT molecular complexity index is 352. The van der Waals surface area contributed by atoms with Crippen LogP contribution >= 0.6 is 0 Å². The first-order valence-corrected chi connectivity index (χ1v) is 5.32. The number of aromatic nitrogens is 2. The van der Waals surface area contributed by atoms with Crippen molar-refractivity contribution in [2.45, 2.75) is 13.0 Å². The molecule has 0 unspecified atom stereocenters. The van der Waals surface area contributed by atoms with Gasteiger partial charge in [-0.3, -0.25) is 14.7 Å². The molecule has 4 N–H and O–H groups in total. The molecule has 0 saturated carbocycles. The van der Waals surface area contributed by atoms with Gasteiger partial charge >= 0.3 is 0 Å². The molecule has 7 nitrogen and oxygen atoms in total. The van der Waals surface area contributed by atoms with Gasteiger partial charge in [-0.2, -0.15) is 0 Å². The Labute approximate surface area is 100 Å². The molecule has 94 valence electrons. The summed E-state index contributed by atoms with van der Waals surface area (Å²) in [5.74, 6) is 5.75. The number of carbonyl (C=O) groups is 1. The van der Waals surface area contributed by atoms with Gasteiger partial charge in [0.25, 0.3) is 0 Å². The van der Waals surface area contributed by atoms with Crippen LogP contribution in [0, 0.1) is 0 Å². The Morgan fingerprint density at radius 2 is 2.24 bits per heavy atom. The van der Waals surface area contributed by atoms with Gasteiger partial charge in [0.15, 0.2) is 5.82 Å². The number of anilines is 1. The monoisotopic (exact) mass is 238 g/mol. The molecule has 0 aliphatic rings. The number of nitrogens with zero attached hydrogens (tertiary/aromatic N) is 3. The third-order valence-corrected chi connectivity index (χ3v) is 2.28. The van der Waals surface area contributed by atoms with Crippen molar-refractivity contribution in [3.63, 3.8) is 0 Å². The minimum absolute atomic E-state index is 0.0330. The maximum Gasteiger partial charge on any atom is 0.221 e. The van der Waals surface area contributed by atoms with Crippen molar-refractivity contribution in [3.05, 3.63) is 18.1 Å². The second-order valence-corrected chi connectivity index (χ2v) is 3.70. The molecule has 1 aromatic heterocycles. The number of amides is 1. The van der Waals surface area contributed by atoms with Crippen LogP contribution in [0.2, 0.25) is 0 Å². The van der Waals surface area contributed by atoms with Crippen LogP contribution in [0.15, 0.2) is 12.4 Å². The Morgan fingerprint density at radius 1 is 1.47 bits per heavy atom. The van der Waals surface area contributed by atoms with Crippen LogP contribution in [0.25, 0.3) is 0 Å². The number of hydrogen-bond donors (Lipinski definition) is 3. The summed E-state index contributed by atoms with van der Waals surface area (Å²) >= 11 is 0. The average molecular weight is 238 g/mol. The molecule has 0 aromatic carbocycles. The van der Waals surface area contributed by atoms with Crippen LogP contribution in [0.3, 0.4) is 0 Å². The fourth-order valence-electron chi connectivity index (χ4n) is 1.28. The molecular formula is C10H18N6O. The molecule has 0 saturated heterocycles. The molecule has 0 bridgehead atoms. The van der Waals surface area contributed by atoms with Gasteiger partial charge in [0.05, 0.1) is 18.1 Å². The molecule has 0 atom stereocenters. The highest BCUT2D eigenvalue weighted by Crippen LogP contribution is 2.02. The lowest BCUT2D eigenvalue weighted by Gasteiger charge is -2.15. The summed E-state index contributed by atoms with van der Waals surface area (Å²) in [6.07, 6.45) is 3.70. The maximum absolute atomic E-state index is 11.1. The Morgan fingerprint density at radius 3 is 2.76 bits per heavy atom. The number of nitrogens with one attached hydrogen (secondary N) is 2. The van der Waals surface area contributed by atoms with E-state index in [9.17, 15) is 4.79 Å². The highest BCUT2D eigenvalue weighted by atomic mass is 16.1. The van der Waals surface area contributed by atoms with Gasteiger partial charge in [-0.15, -0.1) is 0 Å². The first-order valence-electron chi connectivity index (χ1n) is 5.32. The Balaban J connectivity index is 2.39. The lowest BCUT2D eigenvalue weighted by Crippen LogP contribution is -2.26. The average Bonchev–Trinajstić information content (AvgIpc) is 2.36. The fraction of sp³-hybridized carbons (Fsp3) is 0.500. The van der Waals surface area contributed by atoms with E-state index in [0.717, 1.165) is 5.69 Å². The van der Waals surface area contributed by atoms with Crippen molar-refractivity contribution >= 4 is 11.7 Å². The van der Waals surface area contributed by atoms with E-state index < -0.39 is 0 Å². The predicted octanol–water partition coefficient (Wildman–Crippen LogP) is -0.670. The zero-order valence-corrected chi connectivity index (χ0v) is 10.1.